The molecular weight excluding hydrogens is 322 g/mol. The summed E-state index contributed by atoms with van der Waals surface area (Å²) in [4.78, 5) is 19.2. The number of nitrogens with one attached hydrogen (secondary N) is 1. The summed E-state index contributed by atoms with van der Waals surface area (Å²) in [5, 5.41) is 6.79. The number of carbonyl (C=O) groups is 1. The fourth-order valence-corrected chi connectivity index (χ4v) is 3.83. The van der Waals surface area contributed by atoms with Crippen LogP contribution in [0.3, 0.4) is 0 Å². The van der Waals surface area contributed by atoms with Gasteiger partial charge in [0.1, 0.15) is 0 Å². The molecule has 122 valence electrons. The summed E-state index contributed by atoms with van der Waals surface area (Å²) in [5.41, 5.74) is 0.622. The van der Waals surface area contributed by atoms with Gasteiger partial charge in [-0.25, -0.2) is 0 Å². The van der Waals surface area contributed by atoms with E-state index >= 15 is 0 Å². The van der Waals surface area contributed by atoms with Crippen LogP contribution in [0.5, 0.6) is 0 Å². The van der Waals surface area contributed by atoms with Crippen molar-refractivity contribution < 1.29 is 9.32 Å². The van der Waals surface area contributed by atoms with Gasteiger partial charge in [-0.2, -0.15) is 4.98 Å². The van der Waals surface area contributed by atoms with Gasteiger partial charge in [-0.3, -0.25) is 4.79 Å². The molecule has 6 heteroatoms. The van der Waals surface area contributed by atoms with Crippen molar-refractivity contribution in [3.05, 3.63) is 69.5 Å². The first-order chi connectivity index (χ1) is 11.7. The summed E-state index contributed by atoms with van der Waals surface area (Å²) < 4.78 is 5.38. The topological polar surface area (TPSA) is 68.0 Å². The Labute approximate surface area is 143 Å². The molecule has 0 aliphatic heterocycles. The molecule has 1 N–H and O–H groups in total. The van der Waals surface area contributed by atoms with Crippen molar-refractivity contribution in [2.45, 2.75) is 31.7 Å². The number of hydrogen-bond donors (Lipinski definition) is 1. The van der Waals surface area contributed by atoms with Gasteiger partial charge in [0.15, 0.2) is 5.82 Å². The van der Waals surface area contributed by atoms with Crippen LogP contribution in [0.4, 0.5) is 0 Å². The number of amides is 1. The Hall–Kier alpha value is -2.47. The molecule has 2 atom stereocenters. The SMILES string of the molecule is Cc1ccc([C@H]2C[C@@H]2c2nc(CNC(=O)c3ccccc3)no2)s1. The Bertz CT molecular complexity index is 856. The number of aryl methyl sites for hydroxylation is 1. The summed E-state index contributed by atoms with van der Waals surface area (Å²) in [6, 6.07) is 13.4. The van der Waals surface area contributed by atoms with Crippen LogP contribution in [0.15, 0.2) is 47.0 Å². The fourth-order valence-electron chi connectivity index (χ4n) is 2.78. The van der Waals surface area contributed by atoms with Crippen LogP contribution >= 0.6 is 11.3 Å². The van der Waals surface area contributed by atoms with Gasteiger partial charge in [0.05, 0.1) is 6.54 Å². The highest BCUT2D eigenvalue weighted by Crippen LogP contribution is 2.55. The van der Waals surface area contributed by atoms with Gasteiger partial charge in [0, 0.05) is 27.2 Å². The first kappa shape index (κ1) is 15.1. The van der Waals surface area contributed by atoms with Crippen molar-refractivity contribution in [2.75, 3.05) is 0 Å². The van der Waals surface area contributed by atoms with Crippen LogP contribution in [0, 0.1) is 6.92 Å². The molecule has 1 fully saturated rings. The van der Waals surface area contributed by atoms with Crippen LogP contribution in [0.1, 0.15) is 50.1 Å². The predicted octanol–water partition coefficient (Wildman–Crippen LogP) is 3.64. The minimum absolute atomic E-state index is 0.139. The molecule has 0 radical (unpaired) electrons. The Kier molecular flexibility index (Phi) is 3.90. The lowest BCUT2D eigenvalue weighted by Crippen LogP contribution is -2.23. The lowest BCUT2D eigenvalue weighted by atomic mass is 10.2. The molecule has 0 unspecified atom stereocenters. The smallest absolute Gasteiger partial charge is 0.251 e. The molecule has 1 saturated carbocycles. The first-order valence-corrected chi connectivity index (χ1v) is 8.74. The largest absolute Gasteiger partial charge is 0.345 e. The molecule has 1 aliphatic rings. The molecule has 5 nitrogen and oxygen atoms in total. The van der Waals surface area contributed by atoms with Crippen LogP contribution in [0.25, 0.3) is 0 Å². The number of rotatable bonds is 5. The molecule has 24 heavy (non-hydrogen) atoms. The van der Waals surface area contributed by atoms with Gasteiger partial charge in [0.25, 0.3) is 5.91 Å². The molecule has 0 saturated heterocycles. The number of nitrogens with zero attached hydrogens (tertiary/aromatic N) is 2. The minimum atomic E-state index is -0.139. The van der Waals surface area contributed by atoms with E-state index in [-0.39, 0.29) is 12.5 Å². The summed E-state index contributed by atoms with van der Waals surface area (Å²) >= 11 is 1.83. The van der Waals surface area contributed by atoms with Gasteiger partial charge in [-0.15, -0.1) is 11.3 Å². The highest BCUT2D eigenvalue weighted by atomic mass is 32.1. The lowest BCUT2D eigenvalue weighted by molar-refractivity contribution is 0.0949. The zero-order chi connectivity index (χ0) is 16.5. The van der Waals surface area contributed by atoms with E-state index in [0.717, 1.165) is 6.42 Å². The molecule has 2 heterocycles. The molecule has 4 rings (SSSR count). The van der Waals surface area contributed by atoms with E-state index in [1.54, 1.807) is 12.1 Å². The molecule has 3 aromatic rings. The third-order valence-electron chi connectivity index (χ3n) is 4.16. The number of benzene rings is 1. The molecule has 1 aliphatic carbocycles. The quantitative estimate of drug-likeness (QED) is 0.770. The standard InChI is InChI=1S/C18H17N3O2S/c1-11-7-8-15(24-11)13-9-14(13)18-20-16(21-23-18)10-19-17(22)12-5-3-2-4-6-12/h2-8,13-14H,9-10H2,1H3,(H,19,22)/t13-,14-/m0/s1. The van der Waals surface area contributed by atoms with E-state index in [0.29, 0.717) is 29.1 Å². The number of aromatic nitrogens is 2. The van der Waals surface area contributed by atoms with Crippen LogP contribution in [0.2, 0.25) is 0 Å². The Morgan fingerprint density at radius 3 is 2.83 bits per heavy atom. The molecule has 2 aromatic heterocycles. The predicted molar refractivity (Wildman–Crippen MR) is 91.1 cm³/mol. The van der Waals surface area contributed by atoms with E-state index in [2.05, 4.69) is 34.5 Å². The molecule has 0 bridgehead atoms. The number of thiophene rings is 1. The lowest BCUT2D eigenvalue weighted by Gasteiger charge is -2.01. The first-order valence-electron chi connectivity index (χ1n) is 7.93. The Morgan fingerprint density at radius 1 is 1.25 bits per heavy atom. The second-order valence-electron chi connectivity index (χ2n) is 5.99. The van der Waals surface area contributed by atoms with E-state index in [9.17, 15) is 4.79 Å². The third-order valence-corrected chi connectivity index (χ3v) is 5.29. The van der Waals surface area contributed by atoms with Crippen molar-refractivity contribution in [3.63, 3.8) is 0 Å². The second-order valence-corrected chi connectivity index (χ2v) is 7.31. The van der Waals surface area contributed by atoms with Crippen LogP contribution in [-0.2, 0) is 6.54 Å². The average Bonchev–Trinajstić information content (AvgIpc) is 3.05. The Balaban J connectivity index is 1.35. The van der Waals surface area contributed by atoms with Gasteiger partial charge >= 0.3 is 0 Å². The molecule has 1 amide bonds. The molecule has 1 aromatic carbocycles. The fraction of sp³-hybridized carbons (Fsp3) is 0.278. The van der Waals surface area contributed by atoms with Crippen molar-refractivity contribution in [1.29, 1.82) is 0 Å². The summed E-state index contributed by atoms with van der Waals surface area (Å²) in [6.45, 7) is 2.39. The molecule has 0 spiro atoms. The number of hydrogen-bond acceptors (Lipinski definition) is 5. The zero-order valence-corrected chi connectivity index (χ0v) is 14.0. The normalized spacial score (nSPS) is 19.2. The maximum Gasteiger partial charge on any atom is 0.251 e. The van der Waals surface area contributed by atoms with E-state index in [4.69, 9.17) is 4.52 Å². The van der Waals surface area contributed by atoms with Gasteiger partial charge in [0.2, 0.25) is 5.89 Å². The van der Waals surface area contributed by atoms with Crippen molar-refractivity contribution in [2.24, 2.45) is 0 Å². The van der Waals surface area contributed by atoms with Gasteiger partial charge in [-0.1, -0.05) is 23.4 Å². The third kappa shape index (κ3) is 3.10. The summed E-state index contributed by atoms with van der Waals surface area (Å²) in [7, 11) is 0. The van der Waals surface area contributed by atoms with Crippen molar-refractivity contribution in [3.8, 4) is 0 Å². The van der Waals surface area contributed by atoms with Crippen LogP contribution < -0.4 is 5.32 Å². The average molecular weight is 339 g/mol. The van der Waals surface area contributed by atoms with E-state index in [1.165, 1.54) is 9.75 Å². The van der Waals surface area contributed by atoms with Gasteiger partial charge in [-0.05, 0) is 37.6 Å². The number of carbonyl (C=O) groups excluding carboxylic acids is 1. The maximum absolute atomic E-state index is 12.0. The maximum atomic E-state index is 12.0. The van der Waals surface area contributed by atoms with Crippen molar-refractivity contribution in [1.82, 2.24) is 15.5 Å². The Morgan fingerprint density at radius 2 is 2.08 bits per heavy atom. The monoisotopic (exact) mass is 339 g/mol. The summed E-state index contributed by atoms with van der Waals surface area (Å²) in [6.07, 6.45) is 1.05. The van der Waals surface area contributed by atoms with Crippen LogP contribution in [-0.4, -0.2) is 16.0 Å². The minimum Gasteiger partial charge on any atom is -0.345 e. The second kappa shape index (κ2) is 6.20. The van der Waals surface area contributed by atoms with Gasteiger partial charge < -0.3 is 9.84 Å². The highest BCUT2D eigenvalue weighted by Gasteiger charge is 2.44. The van der Waals surface area contributed by atoms with E-state index < -0.39 is 0 Å². The van der Waals surface area contributed by atoms with Crippen molar-refractivity contribution >= 4 is 17.2 Å². The van der Waals surface area contributed by atoms with E-state index in [1.807, 2.05) is 29.5 Å². The summed E-state index contributed by atoms with van der Waals surface area (Å²) in [5.74, 6) is 1.86. The highest BCUT2D eigenvalue weighted by molar-refractivity contribution is 7.12. The molecular formula is C18H17N3O2S. The zero-order valence-electron chi connectivity index (χ0n) is 13.2.